The van der Waals surface area contributed by atoms with Crippen LogP contribution in [-0.4, -0.2) is 8.42 Å². The fourth-order valence-electron chi connectivity index (χ4n) is 0.632. The molecule has 0 bridgehead atoms. The van der Waals surface area contributed by atoms with Crippen molar-refractivity contribution in [2.24, 2.45) is 0 Å². The molecule has 0 radical (unpaired) electrons. The Morgan fingerprint density at radius 3 is 2.27 bits per heavy atom. The van der Waals surface area contributed by atoms with Gasteiger partial charge in [0, 0.05) is 10.8 Å². The molecule has 0 spiro atoms. The molecule has 0 aromatic heterocycles. The minimum absolute atomic E-state index is 0.715. The van der Waals surface area contributed by atoms with Gasteiger partial charge in [0.25, 0.3) is 0 Å². The predicted octanol–water partition coefficient (Wildman–Crippen LogP) is 0.607. The fourth-order valence-corrected chi connectivity index (χ4v) is 0.852. The van der Waals surface area contributed by atoms with Crippen LogP contribution in [0.1, 0.15) is 5.56 Å². The molecule has 0 saturated carbocycles. The van der Waals surface area contributed by atoms with Crippen LogP contribution in [0.4, 0.5) is 0 Å². The summed E-state index contributed by atoms with van der Waals surface area (Å²) in [6.07, 6.45) is 0. The molecule has 3 heteroatoms. The Bertz CT molecular complexity index is 347. The summed E-state index contributed by atoms with van der Waals surface area (Å²) in [4.78, 5) is 0. The van der Waals surface area contributed by atoms with E-state index in [-0.39, 0.29) is 0 Å². The van der Waals surface area contributed by atoms with Crippen molar-refractivity contribution in [2.45, 2.75) is 0 Å². The SMILES string of the molecule is O=[SH](=O)C#Cc1ccccc1. The van der Waals surface area contributed by atoms with Gasteiger partial charge in [0.2, 0.25) is 10.7 Å². The van der Waals surface area contributed by atoms with Gasteiger partial charge in [0.15, 0.2) is 0 Å². The first-order valence-corrected chi connectivity index (χ1v) is 4.18. The van der Waals surface area contributed by atoms with E-state index in [0.717, 1.165) is 0 Å². The standard InChI is InChI=1S/C8H6O2S/c9-11(10)7-6-8-4-2-1-3-5-8/h1-5,11H. The normalized spacial score (nSPS) is 8.82. The molecule has 2 nitrogen and oxygen atoms in total. The summed E-state index contributed by atoms with van der Waals surface area (Å²) in [7, 11) is -2.59. The molecule has 56 valence electrons. The monoisotopic (exact) mass is 166 g/mol. The predicted molar refractivity (Wildman–Crippen MR) is 43.6 cm³/mol. The van der Waals surface area contributed by atoms with Crippen molar-refractivity contribution in [1.82, 2.24) is 0 Å². The second-order valence-electron chi connectivity index (χ2n) is 1.86. The van der Waals surface area contributed by atoms with Gasteiger partial charge in [-0.2, -0.15) is 0 Å². The first-order valence-electron chi connectivity index (χ1n) is 3.00. The van der Waals surface area contributed by atoms with Crippen LogP contribution in [0.3, 0.4) is 0 Å². The van der Waals surface area contributed by atoms with Crippen molar-refractivity contribution in [3.63, 3.8) is 0 Å². The molecule has 1 aromatic rings. The number of benzene rings is 1. The van der Waals surface area contributed by atoms with Gasteiger partial charge in [0.05, 0.1) is 0 Å². The lowest BCUT2D eigenvalue weighted by Crippen LogP contribution is -1.71. The van der Waals surface area contributed by atoms with Gasteiger partial charge in [-0.05, 0) is 12.1 Å². The highest BCUT2D eigenvalue weighted by atomic mass is 32.2. The minimum atomic E-state index is -2.59. The summed E-state index contributed by atoms with van der Waals surface area (Å²) < 4.78 is 20.1. The van der Waals surface area contributed by atoms with Gasteiger partial charge in [-0.25, -0.2) is 8.42 Å². The van der Waals surface area contributed by atoms with Gasteiger partial charge in [-0.15, -0.1) is 0 Å². The van der Waals surface area contributed by atoms with Crippen molar-refractivity contribution < 1.29 is 8.42 Å². The Morgan fingerprint density at radius 2 is 1.73 bits per heavy atom. The van der Waals surface area contributed by atoms with Crippen LogP contribution in [0.15, 0.2) is 30.3 Å². The van der Waals surface area contributed by atoms with Crippen LogP contribution in [0.2, 0.25) is 0 Å². The molecular formula is C8H6O2S. The van der Waals surface area contributed by atoms with E-state index in [2.05, 4.69) is 11.2 Å². The van der Waals surface area contributed by atoms with E-state index >= 15 is 0 Å². The molecule has 0 saturated heterocycles. The fraction of sp³-hybridized carbons (Fsp3) is 0. The second kappa shape index (κ2) is 3.79. The summed E-state index contributed by atoms with van der Waals surface area (Å²) in [5.74, 6) is 2.50. The van der Waals surface area contributed by atoms with Crippen LogP contribution in [0, 0.1) is 11.2 Å². The first kappa shape index (κ1) is 7.83. The van der Waals surface area contributed by atoms with Crippen molar-refractivity contribution in [3.05, 3.63) is 35.9 Å². The molecular weight excluding hydrogens is 160 g/mol. The highest BCUT2D eigenvalue weighted by Crippen LogP contribution is 1.93. The molecule has 0 aliphatic heterocycles. The highest BCUT2D eigenvalue weighted by Gasteiger charge is 1.80. The van der Waals surface area contributed by atoms with Crippen molar-refractivity contribution in [1.29, 1.82) is 0 Å². The molecule has 0 aliphatic rings. The summed E-state index contributed by atoms with van der Waals surface area (Å²) in [6.45, 7) is 0. The molecule has 1 aromatic carbocycles. The van der Waals surface area contributed by atoms with Crippen LogP contribution in [0.25, 0.3) is 0 Å². The van der Waals surface area contributed by atoms with Gasteiger partial charge in [0.1, 0.15) is 0 Å². The summed E-state index contributed by atoms with van der Waals surface area (Å²) in [5, 5.41) is 2.07. The topological polar surface area (TPSA) is 34.1 Å². The van der Waals surface area contributed by atoms with E-state index in [1.807, 2.05) is 18.2 Å². The molecule has 0 atom stereocenters. The molecule has 0 heterocycles. The average molecular weight is 166 g/mol. The Hall–Kier alpha value is -1.27. The molecule has 0 N–H and O–H groups in total. The van der Waals surface area contributed by atoms with Crippen LogP contribution >= 0.6 is 0 Å². The lowest BCUT2D eigenvalue weighted by molar-refractivity contribution is 0.623. The lowest BCUT2D eigenvalue weighted by Gasteiger charge is -1.83. The first-order chi connectivity index (χ1) is 5.29. The van der Waals surface area contributed by atoms with E-state index in [0.29, 0.717) is 5.56 Å². The summed E-state index contributed by atoms with van der Waals surface area (Å²) in [6, 6.07) is 8.98. The Kier molecular flexibility index (Phi) is 2.70. The molecule has 11 heavy (non-hydrogen) atoms. The van der Waals surface area contributed by atoms with Crippen molar-refractivity contribution >= 4 is 10.7 Å². The van der Waals surface area contributed by atoms with Gasteiger partial charge in [-0.1, -0.05) is 24.1 Å². The van der Waals surface area contributed by atoms with E-state index in [1.165, 1.54) is 0 Å². The Balaban J connectivity index is 2.91. The molecule has 1 rings (SSSR count). The maximum absolute atomic E-state index is 10.0. The Morgan fingerprint density at radius 1 is 1.09 bits per heavy atom. The molecule has 0 fully saturated rings. The van der Waals surface area contributed by atoms with Gasteiger partial charge < -0.3 is 0 Å². The van der Waals surface area contributed by atoms with E-state index < -0.39 is 10.7 Å². The quantitative estimate of drug-likeness (QED) is 0.452. The maximum Gasteiger partial charge on any atom is 0.207 e. The van der Waals surface area contributed by atoms with E-state index in [4.69, 9.17) is 0 Å². The third-order valence-electron chi connectivity index (χ3n) is 1.07. The zero-order chi connectivity index (χ0) is 8.10. The average Bonchev–Trinajstić information content (AvgIpc) is 2.03. The summed E-state index contributed by atoms with van der Waals surface area (Å²) in [5.41, 5.74) is 0.715. The minimum Gasteiger partial charge on any atom is -0.218 e. The third kappa shape index (κ3) is 2.87. The van der Waals surface area contributed by atoms with Crippen LogP contribution < -0.4 is 0 Å². The lowest BCUT2D eigenvalue weighted by atomic mass is 10.2. The number of thiol groups is 1. The van der Waals surface area contributed by atoms with Gasteiger partial charge >= 0.3 is 0 Å². The van der Waals surface area contributed by atoms with E-state index in [1.54, 1.807) is 12.1 Å². The largest absolute Gasteiger partial charge is 0.218 e. The van der Waals surface area contributed by atoms with Crippen molar-refractivity contribution in [3.8, 4) is 11.2 Å². The molecule has 0 amide bonds. The Labute approximate surface area is 66.8 Å². The van der Waals surface area contributed by atoms with E-state index in [9.17, 15) is 8.42 Å². The zero-order valence-electron chi connectivity index (χ0n) is 5.65. The number of rotatable bonds is 0. The number of hydrogen-bond acceptors (Lipinski definition) is 2. The van der Waals surface area contributed by atoms with Gasteiger partial charge in [-0.3, -0.25) is 0 Å². The second-order valence-corrected chi connectivity index (χ2v) is 2.60. The molecule has 0 unspecified atom stereocenters. The summed E-state index contributed by atoms with van der Waals surface area (Å²) >= 11 is 0. The molecule has 0 aliphatic carbocycles. The maximum atomic E-state index is 10.0. The van der Waals surface area contributed by atoms with Crippen molar-refractivity contribution in [2.75, 3.05) is 0 Å². The van der Waals surface area contributed by atoms with Crippen LogP contribution in [-0.2, 0) is 10.7 Å². The number of hydrogen-bond donors (Lipinski definition) is 1. The van der Waals surface area contributed by atoms with Crippen LogP contribution in [0.5, 0.6) is 0 Å². The highest BCUT2D eigenvalue weighted by molar-refractivity contribution is 7.77. The zero-order valence-corrected chi connectivity index (χ0v) is 6.54. The third-order valence-corrected chi connectivity index (χ3v) is 1.36. The smallest absolute Gasteiger partial charge is 0.207 e.